The molecule has 1 heterocycles. The molecule has 3 rings (SSSR count). The Bertz CT molecular complexity index is 1100. The van der Waals surface area contributed by atoms with Crippen molar-refractivity contribution in [2.45, 2.75) is 31.7 Å². The van der Waals surface area contributed by atoms with Crippen LogP contribution in [0.5, 0.6) is 11.6 Å². The minimum atomic E-state index is -4.04. The molecule has 1 aromatic heterocycles. The highest BCUT2D eigenvalue weighted by atomic mass is 32.2. The van der Waals surface area contributed by atoms with Crippen LogP contribution in [0.25, 0.3) is 0 Å². The van der Waals surface area contributed by atoms with Crippen LogP contribution in [0, 0.1) is 5.92 Å². The van der Waals surface area contributed by atoms with Crippen LogP contribution in [-0.4, -0.2) is 31.6 Å². The van der Waals surface area contributed by atoms with E-state index in [0.717, 1.165) is 24.5 Å². The number of benzene rings is 1. The highest BCUT2D eigenvalue weighted by molar-refractivity contribution is 7.94. The van der Waals surface area contributed by atoms with Gasteiger partial charge in [-0.2, -0.15) is 4.39 Å². The normalized spacial score (nSPS) is 16.0. The molecule has 1 fully saturated rings. The molecule has 0 radical (unpaired) electrons. The van der Waals surface area contributed by atoms with Crippen molar-refractivity contribution in [3.63, 3.8) is 0 Å². The number of alkyl halides is 2. The van der Waals surface area contributed by atoms with E-state index in [1.807, 2.05) is 0 Å². The fourth-order valence-electron chi connectivity index (χ4n) is 2.82. The largest absolute Gasteiger partial charge is 0.438 e. The Balaban J connectivity index is 1.89. The number of nitrogens with one attached hydrogen (secondary N) is 1. The highest BCUT2D eigenvalue weighted by Crippen LogP contribution is 2.36. The summed E-state index contributed by atoms with van der Waals surface area (Å²) in [7, 11) is -4.04. The van der Waals surface area contributed by atoms with Gasteiger partial charge in [0.25, 0.3) is 11.8 Å². The first kappa shape index (κ1) is 22.8. The van der Waals surface area contributed by atoms with Crippen LogP contribution in [0.1, 0.15) is 35.8 Å². The Morgan fingerprint density at radius 2 is 1.87 bits per heavy atom. The average Bonchev–Trinajstić information content (AvgIpc) is 3.51. The zero-order chi connectivity index (χ0) is 22.8. The number of aromatic nitrogens is 1. The smallest absolute Gasteiger partial charge is 0.275 e. The second-order valence-corrected chi connectivity index (χ2v) is 9.37. The van der Waals surface area contributed by atoms with Gasteiger partial charge >= 0.3 is 0 Å². The molecule has 2 aromatic rings. The van der Waals surface area contributed by atoms with Gasteiger partial charge in [-0.05, 0) is 49.1 Å². The molecule has 1 aliphatic carbocycles. The molecule has 6 nitrogen and oxygen atoms in total. The van der Waals surface area contributed by atoms with Crippen molar-refractivity contribution in [2.75, 3.05) is 6.26 Å². The predicted molar refractivity (Wildman–Crippen MR) is 108 cm³/mol. The Hall–Kier alpha value is -2.88. The van der Waals surface area contributed by atoms with Crippen molar-refractivity contribution in [2.24, 2.45) is 5.92 Å². The third-order valence-corrected chi connectivity index (χ3v) is 5.46. The standard InChI is InChI=1S/C21H21F3N2O4S/c1-21(23,24)15-10-11-16(26-20(15)30-14-6-4-3-5-7-14)19(27)25-17(13-8-9-13)12-18(22)31(2,28)29/h3-7,10-13,17H,8-9H2,1-2H3,(H,25,27)/b18-12+/t17-/m1/s1. The first-order valence-electron chi connectivity index (χ1n) is 9.45. The van der Waals surface area contributed by atoms with Gasteiger partial charge in [-0.25, -0.2) is 22.2 Å². The van der Waals surface area contributed by atoms with Gasteiger partial charge in [0.1, 0.15) is 11.4 Å². The summed E-state index contributed by atoms with van der Waals surface area (Å²) in [5.74, 6) is -4.34. The summed E-state index contributed by atoms with van der Waals surface area (Å²) in [6.07, 6.45) is 2.95. The molecule has 10 heteroatoms. The molecule has 1 saturated carbocycles. The van der Waals surface area contributed by atoms with Gasteiger partial charge < -0.3 is 10.1 Å². The third kappa shape index (κ3) is 6.06. The minimum Gasteiger partial charge on any atom is -0.438 e. The molecule has 0 unspecified atom stereocenters. The van der Waals surface area contributed by atoms with Crippen molar-refractivity contribution in [3.8, 4) is 11.6 Å². The van der Waals surface area contributed by atoms with Crippen LogP contribution in [0.15, 0.2) is 53.7 Å². The lowest BCUT2D eigenvalue weighted by Gasteiger charge is -2.18. The Morgan fingerprint density at radius 1 is 1.23 bits per heavy atom. The van der Waals surface area contributed by atoms with E-state index in [-0.39, 0.29) is 17.4 Å². The summed E-state index contributed by atoms with van der Waals surface area (Å²) < 4.78 is 70.1. The lowest BCUT2D eigenvalue weighted by molar-refractivity contribution is 0.0149. The molecule has 1 atom stereocenters. The summed E-state index contributed by atoms with van der Waals surface area (Å²) in [5, 5.41) is 1.18. The number of amides is 1. The maximum absolute atomic E-state index is 14.0. The summed E-state index contributed by atoms with van der Waals surface area (Å²) in [6, 6.07) is 9.41. The third-order valence-electron chi connectivity index (χ3n) is 4.62. The maximum atomic E-state index is 14.0. The number of sulfone groups is 1. The molecule has 0 saturated heterocycles. The number of carbonyl (C=O) groups is 1. The van der Waals surface area contributed by atoms with E-state index in [0.29, 0.717) is 19.8 Å². The molecule has 0 bridgehead atoms. The second kappa shape index (κ2) is 8.70. The van der Waals surface area contributed by atoms with E-state index >= 15 is 0 Å². The number of nitrogens with zero attached hydrogens (tertiary/aromatic N) is 1. The van der Waals surface area contributed by atoms with E-state index in [9.17, 15) is 26.4 Å². The number of pyridine rings is 1. The average molecular weight is 454 g/mol. The number of ether oxygens (including phenoxy) is 1. The quantitative estimate of drug-likeness (QED) is 0.641. The molecule has 1 aliphatic rings. The fraction of sp³-hybridized carbons (Fsp3) is 0.333. The molecular formula is C21H21F3N2O4S. The molecule has 1 N–H and O–H groups in total. The molecule has 31 heavy (non-hydrogen) atoms. The number of carbonyl (C=O) groups excluding carboxylic acids is 1. The first-order valence-corrected chi connectivity index (χ1v) is 11.3. The van der Waals surface area contributed by atoms with Gasteiger partial charge in [0.05, 0.1) is 11.6 Å². The van der Waals surface area contributed by atoms with Crippen molar-refractivity contribution >= 4 is 15.7 Å². The van der Waals surface area contributed by atoms with Crippen molar-refractivity contribution < 1.29 is 31.1 Å². The summed E-state index contributed by atoms with van der Waals surface area (Å²) in [5.41, 5.74) is -0.729. The van der Waals surface area contributed by atoms with E-state index in [4.69, 9.17) is 4.74 Å². The highest BCUT2D eigenvalue weighted by Gasteiger charge is 2.34. The Labute approximate surface area is 178 Å². The molecule has 0 aliphatic heterocycles. The molecular weight excluding hydrogens is 433 g/mol. The first-order chi connectivity index (χ1) is 14.4. The zero-order valence-corrected chi connectivity index (χ0v) is 17.6. The summed E-state index contributed by atoms with van der Waals surface area (Å²) in [6.45, 7) is 0.684. The lowest BCUT2D eigenvalue weighted by atomic mass is 10.1. The van der Waals surface area contributed by atoms with E-state index in [1.54, 1.807) is 30.3 Å². The van der Waals surface area contributed by atoms with Crippen LogP contribution in [0.3, 0.4) is 0 Å². The SMILES string of the molecule is CC(F)(F)c1ccc(C(=O)N[C@H](/C=C(\F)S(C)(=O)=O)C2CC2)nc1Oc1ccccc1. The van der Waals surface area contributed by atoms with Gasteiger partial charge in [0.15, 0.2) is 0 Å². The maximum Gasteiger partial charge on any atom is 0.275 e. The second-order valence-electron chi connectivity index (χ2n) is 7.43. The monoisotopic (exact) mass is 454 g/mol. The Kier molecular flexibility index (Phi) is 6.40. The minimum absolute atomic E-state index is 0.115. The summed E-state index contributed by atoms with van der Waals surface area (Å²) in [4.78, 5) is 16.6. The molecule has 1 aromatic carbocycles. The van der Waals surface area contributed by atoms with E-state index in [1.165, 1.54) is 0 Å². The lowest BCUT2D eigenvalue weighted by Crippen LogP contribution is -2.36. The van der Waals surface area contributed by atoms with Gasteiger partial charge in [-0.15, -0.1) is 0 Å². The van der Waals surface area contributed by atoms with Gasteiger partial charge in [-0.1, -0.05) is 18.2 Å². The molecule has 1 amide bonds. The van der Waals surface area contributed by atoms with Crippen molar-refractivity contribution in [1.29, 1.82) is 0 Å². The number of hydrogen-bond acceptors (Lipinski definition) is 5. The van der Waals surface area contributed by atoms with Crippen LogP contribution in [0.4, 0.5) is 13.2 Å². The fourth-order valence-corrected chi connectivity index (χ4v) is 3.21. The zero-order valence-electron chi connectivity index (χ0n) is 16.8. The van der Waals surface area contributed by atoms with Crippen LogP contribution in [0.2, 0.25) is 0 Å². The van der Waals surface area contributed by atoms with Crippen molar-refractivity contribution in [1.82, 2.24) is 10.3 Å². The van der Waals surface area contributed by atoms with E-state index in [2.05, 4.69) is 10.3 Å². The number of rotatable bonds is 8. The Morgan fingerprint density at radius 3 is 2.42 bits per heavy atom. The molecule has 166 valence electrons. The predicted octanol–water partition coefficient (Wildman–Crippen LogP) is 4.35. The van der Waals surface area contributed by atoms with E-state index < -0.39 is 44.3 Å². The van der Waals surface area contributed by atoms with Gasteiger partial charge in [0.2, 0.25) is 20.9 Å². The number of para-hydroxylation sites is 1. The van der Waals surface area contributed by atoms with Crippen LogP contribution < -0.4 is 10.1 Å². The van der Waals surface area contributed by atoms with Crippen molar-refractivity contribution in [3.05, 3.63) is 65.0 Å². The van der Waals surface area contributed by atoms with Gasteiger partial charge in [0, 0.05) is 13.2 Å². The molecule has 0 spiro atoms. The van der Waals surface area contributed by atoms with Gasteiger partial charge in [-0.3, -0.25) is 4.79 Å². The number of halogens is 3. The summed E-state index contributed by atoms with van der Waals surface area (Å²) >= 11 is 0. The van der Waals surface area contributed by atoms with Crippen LogP contribution >= 0.6 is 0 Å². The van der Waals surface area contributed by atoms with Crippen LogP contribution in [-0.2, 0) is 15.8 Å². The number of hydrogen-bond donors (Lipinski definition) is 1. The topological polar surface area (TPSA) is 85.4 Å².